The van der Waals surface area contributed by atoms with Crippen LogP contribution >= 0.6 is 11.3 Å². The second kappa shape index (κ2) is 8.69. The third-order valence-corrected chi connectivity index (χ3v) is 4.71. The van der Waals surface area contributed by atoms with Crippen LogP contribution in [0.1, 0.15) is 17.5 Å². The zero-order valence-electron chi connectivity index (χ0n) is 15.1. The van der Waals surface area contributed by atoms with Gasteiger partial charge in [-0.15, -0.1) is 11.3 Å². The molecule has 0 aliphatic rings. The fourth-order valence-corrected chi connectivity index (χ4v) is 3.43. The van der Waals surface area contributed by atoms with E-state index in [9.17, 15) is 0 Å². The Morgan fingerprint density at radius 3 is 2.73 bits per heavy atom. The molecule has 0 amide bonds. The molecule has 1 heterocycles. The van der Waals surface area contributed by atoms with Crippen LogP contribution in [0.15, 0.2) is 36.4 Å². The number of hydrogen-bond donors (Lipinski definition) is 1. The van der Waals surface area contributed by atoms with E-state index in [2.05, 4.69) is 29.4 Å². The smallest absolute Gasteiger partial charge is 0.188 e. The lowest BCUT2D eigenvalue weighted by molar-refractivity contribution is 0.0491. The Kier molecular flexibility index (Phi) is 6.09. The fourth-order valence-electron chi connectivity index (χ4n) is 2.52. The summed E-state index contributed by atoms with van der Waals surface area (Å²) in [7, 11) is 3.21. The van der Waals surface area contributed by atoms with Gasteiger partial charge in [-0.1, -0.05) is 12.1 Å². The summed E-state index contributed by atoms with van der Waals surface area (Å²) in [5, 5.41) is 4.29. The van der Waals surface area contributed by atoms with Gasteiger partial charge in [0.05, 0.1) is 17.3 Å². The summed E-state index contributed by atoms with van der Waals surface area (Å²) >= 11 is 1.67. The van der Waals surface area contributed by atoms with Crippen molar-refractivity contribution in [3.8, 4) is 11.5 Å². The van der Waals surface area contributed by atoms with E-state index in [1.165, 1.54) is 4.70 Å². The highest BCUT2D eigenvalue weighted by Gasteiger charge is 2.05. The molecule has 0 bridgehead atoms. The Bertz CT molecular complexity index is 905. The highest BCUT2D eigenvalue weighted by atomic mass is 32.1. The van der Waals surface area contributed by atoms with Gasteiger partial charge in [0.15, 0.2) is 18.3 Å². The molecule has 6 heteroatoms. The topological polar surface area (TPSA) is 52.6 Å². The first-order chi connectivity index (χ1) is 12.7. The molecule has 0 unspecified atom stereocenters. The molecule has 0 saturated carbocycles. The Labute approximate surface area is 157 Å². The molecule has 0 aliphatic heterocycles. The predicted molar refractivity (Wildman–Crippen MR) is 108 cm³/mol. The van der Waals surface area contributed by atoms with Gasteiger partial charge in [-0.05, 0) is 48.9 Å². The second-order valence-electron chi connectivity index (χ2n) is 5.56. The molecule has 3 aromatic rings. The monoisotopic (exact) mass is 370 g/mol. The number of fused-ring (bicyclic) bond motifs is 1. The summed E-state index contributed by atoms with van der Waals surface area (Å²) in [6, 6.07) is 12.0. The van der Waals surface area contributed by atoms with Gasteiger partial charge in [0.1, 0.15) is 5.01 Å². The van der Waals surface area contributed by atoms with E-state index in [1.54, 1.807) is 25.6 Å². The van der Waals surface area contributed by atoms with Crippen molar-refractivity contribution in [2.24, 2.45) is 0 Å². The average Bonchev–Trinajstić information content (AvgIpc) is 3.07. The number of methoxy groups -OCH3 is 2. The molecule has 0 radical (unpaired) electrons. The molecule has 0 fully saturated rings. The van der Waals surface area contributed by atoms with Gasteiger partial charge in [0, 0.05) is 19.3 Å². The SMILES string of the molecule is CCNc1ccc2nc(C=Cc3ccc(OCOC)c(OC)c3)sc2c1. The maximum atomic E-state index is 5.48. The zero-order valence-corrected chi connectivity index (χ0v) is 15.9. The lowest BCUT2D eigenvalue weighted by Crippen LogP contribution is -2.00. The van der Waals surface area contributed by atoms with Crippen LogP contribution in [0.25, 0.3) is 22.4 Å². The maximum absolute atomic E-state index is 5.48. The largest absolute Gasteiger partial charge is 0.493 e. The molecule has 5 nitrogen and oxygen atoms in total. The fraction of sp³-hybridized carbons (Fsp3) is 0.250. The summed E-state index contributed by atoms with van der Waals surface area (Å²) in [5.74, 6) is 1.33. The zero-order chi connectivity index (χ0) is 18.4. The number of anilines is 1. The minimum atomic E-state index is 0.187. The van der Waals surface area contributed by atoms with Gasteiger partial charge < -0.3 is 19.5 Å². The number of ether oxygens (including phenoxy) is 3. The van der Waals surface area contributed by atoms with Crippen LogP contribution in [-0.4, -0.2) is 32.5 Å². The number of hydrogen-bond acceptors (Lipinski definition) is 6. The van der Waals surface area contributed by atoms with Crippen molar-refractivity contribution < 1.29 is 14.2 Å². The van der Waals surface area contributed by atoms with Crippen molar-refractivity contribution in [1.82, 2.24) is 4.98 Å². The van der Waals surface area contributed by atoms with E-state index in [-0.39, 0.29) is 6.79 Å². The molecule has 0 aliphatic carbocycles. The first-order valence-electron chi connectivity index (χ1n) is 8.35. The molecule has 136 valence electrons. The van der Waals surface area contributed by atoms with E-state index < -0.39 is 0 Å². The summed E-state index contributed by atoms with van der Waals surface area (Å²) < 4.78 is 17.0. The minimum absolute atomic E-state index is 0.187. The van der Waals surface area contributed by atoms with E-state index in [4.69, 9.17) is 14.2 Å². The molecule has 26 heavy (non-hydrogen) atoms. The van der Waals surface area contributed by atoms with Gasteiger partial charge in [-0.3, -0.25) is 0 Å². The number of nitrogens with zero attached hydrogens (tertiary/aromatic N) is 1. The highest BCUT2D eigenvalue weighted by Crippen LogP contribution is 2.30. The number of aromatic nitrogens is 1. The van der Waals surface area contributed by atoms with Crippen LogP contribution in [0.4, 0.5) is 5.69 Å². The Hall–Kier alpha value is -2.57. The number of nitrogens with one attached hydrogen (secondary N) is 1. The standard InChI is InChI=1S/C20H22N2O3S/c1-4-21-15-7-8-16-19(12-15)26-20(22-16)10-6-14-5-9-17(25-13-23-2)18(11-14)24-3/h5-12,21H,4,13H2,1-3H3. The molecule has 1 N–H and O–H groups in total. The molecule has 0 atom stereocenters. The van der Waals surface area contributed by atoms with Crippen molar-refractivity contribution in [3.63, 3.8) is 0 Å². The quantitative estimate of drug-likeness (QED) is 0.572. The van der Waals surface area contributed by atoms with Crippen LogP contribution in [0.3, 0.4) is 0 Å². The molecule has 1 aromatic heterocycles. The van der Waals surface area contributed by atoms with Crippen molar-refractivity contribution >= 4 is 39.4 Å². The van der Waals surface area contributed by atoms with Crippen LogP contribution in [0.5, 0.6) is 11.5 Å². The van der Waals surface area contributed by atoms with Crippen LogP contribution in [0, 0.1) is 0 Å². The average molecular weight is 370 g/mol. The predicted octanol–water partition coefficient (Wildman–Crippen LogP) is 4.89. The first kappa shape index (κ1) is 18.2. The molecule has 0 saturated heterocycles. The third kappa shape index (κ3) is 4.33. The maximum Gasteiger partial charge on any atom is 0.188 e. The number of thiazole rings is 1. The Balaban J connectivity index is 1.79. The molecular formula is C20H22N2O3S. The van der Waals surface area contributed by atoms with E-state index in [0.29, 0.717) is 11.5 Å². The number of benzene rings is 2. The van der Waals surface area contributed by atoms with Crippen LogP contribution in [-0.2, 0) is 4.74 Å². The van der Waals surface area contributed by atoms with E-state index >= 15 is 0 Å². The van der Waals surface area contributed by atoms with E-state index in [1.807, 2.05) is 36.4 Å². The normalized spacial score (nSPS) is 11.2. The second-order valence-corrected chi connectivity index (χ2v) is 6.62. The van der Waals surface area contributed by atoms with Gasteiger partial charge in [0.2, 0.25) is 0 Å². The van der Waals surface area contributed by atoms with Gasteiger partial charge >= 0.3 is 0 Å². The number of rotatable bonds is 8. The summed E-state index contributed by atoms with van der Waals surface area (Å²) in [6.07, 6.45) is 4.04. The van der Waals surface area contributed by atoms with Gasteiger partial charge in [0.25, 0.3) is 0 Å². The highest BCUT2D eigenvalue weighted by molar-refractivity contribution is 7.19. The van der Waals surface area contributed by atoms with Gasteiger partial charge in [-0.25, -0.2) is 4.98 Å². The third-order valence-electron chi connectivity index (χ3n) is 3.72. The van der Waals surface area contributed by atoms with Crippen LogP contribution < -0.4 is 14.8 Å². The van der Waals surface area contributed by atoms with Crippen molar-refractivity contribution in [3.05, 3.63) is 47.0 Å². The summed E-state index contributed by atoms with van der Waals surface area (Å²) in [6.45, 7) is 3.18. The molecular weight excluding hydrogens is 348 g/mol. The van der Waals surface area contributed by atoms with Crippen molar-refractivity contribution in [2.75, 3.05) is 32.9 Å². The lowest BCUT2D eigenvalue weighted by atomic mass is 10.2. The Morgan fingerprint density at radius 1 is 1.08 bits per heavy atom. The van der Waals surface area contributed by atoms with E-state index in [0.717, 1.165) is 28.3 Å². The summed E-state index contributed by atoms with van der Waals surface area (Å²) in [4.78, 5) is 4.66. The van der Waals surface area contributed by atoms with Crippen LogP contribution in [0.2, 0.25) is 0 Å². The first-order valence-corrected chi connectivity index (χ1v) is 9.17. The van der Waals surface area contributed by atoms with Gasteiger partial charge in [-0.2, -0.15) is 0 Å². The molecule has 3 rings (SSSR count). The Morgan fingerprint density at radius 2 is 1.96 bits per heavy atom. The minimum Gasteiger partial charge on any atom is -0.493 e. The lowest BCUT2D eigenvalue weighted by Gasteiger charge is -2.10. The summed E-state index contributed by atoms with van der Waals surface area (Å²) in [5.41, 5.74) is 3.15. The van der Waals surface area contributed by atoms with Crippen molar-refractivity contribution in [2.45, 2.75) is 6.92 Å². The van der Waals surface area contributed by atoms with Crippen molar-refractivity contribution in [1.29, 1.82) is 0 Å². The molecule has 2 aromatic carbocycles. The molecule has 0 spiro atoms.